The topological polar surface area (TPSA) is 71.8 Å². The fraction of sp³-hybridized carbons (Fsp3) is 0.520. The number of hydrogen-bond acceptors (Lipinski definition) is 4. The molecule has 3 heterocycles. The van der Waals surface area contributed by atoms with Gasteiger partial charge in [-0.25, -0.2) is 0 Å². The minimum Gasteiger partial charge on any atom is -0.487 e. The molecular weight excluding hydrogens is 392 g/mol. The van der Waals surface area contributed by atoms with Crippen LogP contribution in [-0.4, -0.2) is 41.9 Å². The maximum atomic E-state index is 12.8. The van der Waals surface area contributed by atoms with E-state index >= 15 is 0 Å². The summed E-state index contributed by atoms with van der Waals surface area (Å²) in [4.78, 5) is 27.2. The number of furan rings is 1. The van der Waals surface area contributed by atoms with E-state index in [0.717, 1.165) is 36.3 Å². The molecule has 2 aliphatic heterocycles. The van der Waals surface area contributed by atoms with E-state index in [1.165, 1.54) is 0 Å². The molecular formula is C25H32N2O4. The summed E-state index contributed by atoms with van der Waals surface area (Å²) in [7, 11) is 0. The van der Waals surface area contributed by atoms with Crippen molar-refractivity contribution < 1.29 is 18.7 Å². The van der Waals surface area contributed by atoms with Gasteiger partial charge in [0.05, 0.1) is 0 Å². The molecule has 0 unspecified atom stereocenters. The third-order valence-corrected chi connectivity index (χ3v) is 6.36. The van der Waals surface area contributed by atoms with Crippen molar-refractivity contribution in [1.82, 2.24) is 10.2 Å². The molecule has 31 heavy (non-hydrogen) atoms. The molecule has 6 heteroatoms. The molecule has 1 N–H and O–H groups in total. The Kier molecular flexibility index (Phi) is 6.08. The smallest absolute Gasteiger partial charge is 0.289 e. The van der Waals surface area contributed by atoms with E-state index in [4.69, 9.17) is 9.15 Å². The van der Waals surface area contributed by atoms with E-state index in [1.54, 1.807) is 6.07 Å². The molecule has 4 rings (SSSR count). The van der Waals surface area contributed by atoms with Crippen LogP contribution in [-0.2, 0) is 4.79 Å². The highest BCUT2D eigenvalue weighted by Gasteiger charge is 2.44. The molecule has 2 aromatic rings. The van der Waals surface area contributed by atoms with Gasteiger partial charge in [0, 0.05) is 44.8 Å². The largest absolute Gasteiger partial charge is 0.487 e. The van der Waals surface area contributed by atoms with Gasteiger partial charge in [-0.05, 0) is 43.0 Å². The fourth-order valence-electron chi connectivity index (χ4n) is 4.67. The van der Waals surface area contributed by atoms with Crippen LogP contribution < -0.4 is 10.1 Å². The molecule has 2 amide bonds. The number of rotatable bonds is 5. The number of aryl methyl sites for hydroxylation is 1. The van der Waals surface area contributed by atoms with E-state index in [2.05, 4.69) is 25.2 Å². The Bertz CT molecular complexity index is 941. The molecule has 0 radical (unpaired) electrons. The number of nitrogens with zero attached hydrogens (tertiary/aromatic N) is 1. The lowest BCUT2D eigenvalue weighted by atomic mass is 9.76. The Morgan fingerprint density at radius 1 is 1.16 bits per heavy atom. The van der Waals surface area contributed by atoms with Gasteiger partial charge < -0.3 is 19.4 Å². The molecule has 0 bridgehead atoms. The highest BCUT2D eigenvalue weighted by molar-refractivity contribution is 5.91. The summed E-state index contributed by atoms with van der Waals surface area (Å²) in [5.74, 6) is 2.57. The third-order valence-electron chi connectivity index (χ3n) is 6.36. The lowest BCUT2D eigenvalue weighted by molar-refractivity contribution is -0.122. The number of benzene rings is 1. The number of likely N-dealkylation sites (tertiary alicyclic amines) is 1. The van der Waals surface area contributed by atoms with Crippen LogP contribution in [0.1, 0.15) is 67.3 Å². The summed E-state index contributed by atoms with van der Waals surface area (Å²) in [6.45, 7) is 7.96. The van der Waals surface area contributed by atoms with Crippen LogP contribution in [0.5, 0.6) is 5.75 Å². The Labute approximate surface area is 183 Å². The molecule has 166 valence electrons. The molecule has 1 fully saturated rings. The minimum absolute atomic E-state index is 0.0660. The number of ether oxygens (including phenoxy) is 1. The van der Waals surface area contributed by atoms with Crippen molar-refractivity contribution in [3.8, 4) is 5.75 Å². The predicted molar refractivity (Wildman–Crippen MR) is 118 cm³/mol. The first-order valence-electron chi connectivity index (χ1n) is 11.3. The summed E-state index contributed by atoms with van der Waals surface area (Å²) < 4.78 is 12.0. The first kappa shape index (κ1) is 21.5. The molecule has 0 aliphatic carbocycles. The number of hydrogen-bond donors (Lipinski definition) is 1. The average molecular weight is 425 g/mol. The first-order valence-corrected chi connectivity index (χ1v) is 11.3. The predicted octanol–water partition coefficient (Wildman–Crippen LogP) is 4.29. The summed E-state index contributed by atoms with van der Waals surface area (Å²) >= 11 is 0. The van der Waals surface area contributed by atoms with Crippen molar-refractivity contribution in [2.45, 2.75) is 58.0 Å². The van der Waals surface area contributed by atoms with E-state index in [9.17, 15) is 9.59 Å². The number of nitrogens with one attached hydrogen (secondary N) is 1. The molecule has 1 aromatic heterocycles. The number of amides is 2. The van der Waals surface area contributed by atoms with E-state index in [1.807, 2.05) is 36.1 Å². The van der Waals surface area contributed by atoms with Crippen LogP contribution >= 0.6 is 0 Å². The standard InChI is InChI=1S/C25H32N2O4/c1-17(2)16-26-23(28)14-19-15-25(31-21-7-5-4-6-20(19)21)10-12-27(13-11-25)24(29)22-9-8-18(3)30-22/h4-9,17,19H,10-16H2,1-3H3,(H,26,28)/t19-/m0/s1. The number of para-hydroxylation sites is 1. The number of fused-ring (bicyclic) bond motifs is 1. The fourth-order valence-corrected chi connectivity index (χ4v) is 4.67. The highest BCUT2D eigenvalue weighted by atomic mass is 16.5. The second kappa shape index (κ2) is 8.77. The lowest BCUT2D eigenvalue weighted by Crippen LogP contribution is -2.52. The van der Waals surface area contributed by atoms with Gasteiger partial charge in [-0.15, -0.1) is 0 Å². The van der Waals surface area contributed by atoms with Gasteiger partial charge in [0.25, 0.3) is 5.91 Å². The van der Waals surface area contributed by atoms with Crippen molar-refractivity contribution in [2.75, 3.05) is 19.6 Å². The number of piperidine rings is 1. The number of carbonyl (C=O) groups excluding carboxylic acids is 2. The van der Waals surface area contributed by atoms with Crippen molar-refractivity contribution in [3.05, 3.63) is 53.5 Å². The Balaban J connectivity index is 1.45. The lowest BCUT2D eigenvalue weighted by Gasteiger charge is -2.46. The van der Waals surface area contributed by atoms with E-state index in [-0.39, 0.29) is 23.3 Å². The average Bonchev–Trinajstić information content (AvgIpc) is 3.18. The van der Waals surface area contributed by atoms with Crippen LogP contribution in [0.15, 0.2) is 40.8 Å². The molecule has 1 spiro atoms. The van der Waals surface area contributed by atoms with Gasteiger partial charge in [-0.2, -0.15) is 0 Å². The van der Waals surface area contributed by atoms with Crippen LogP contribution in [0.2, 0.25) is 0 Å². The van der Waals surface area contributed by atoms with E-state index < -0.39 is 0 Å². The molecule has 1 aromatic carbocycles. The van der Waals surface area contributed by atoms with E-state index in [0.29, 0.717) is 37.7 Å². The van der Waals surface area contributed by atoms with Crippen LogP contribution in [0.25, 0.3) is 0 Å². The zero-order valence-electron chi connectivity index (χ0n) is 18.6. The summed E-state index contributed by atoms with van der Waals surface area (Å²) in [5, 5.41) is 3.05. The van der Waals surface area contributed by atoms with Gasteiger partial charge in [-0.3, -0.25) is 9.59 Å². The molecule has 2 aliphatic rings. The quantitative estimate of drug-likeness (QED) is 0.777. The first-order chi connectivity index (χ1) is 14.8. The van der Waals surface area contributed by atoms with Gasteiger partial charge in [0.2, 0.25) is 5.91 Å². The molecule has 1 atom stereocenters. The molecule has 0 saturated carbocycles. The SMILES string of the molecule is Cc1ccc(C(=O)N2CCC3(CC2)C[C@H](CC(=O)NCC(C)C)c2ccccc2O3)o1. The maximum absolute atomic E-state index is 12.8. The summed E-state index contributed by atoms with van der Waals surface area (Å²) in [5.41, 5.74) is 0.769. The van der Waals surface area contributed by atoms with Gasteiger partial charge in [0.1, 0.15) is 17.1 Å². The second-order valence-corrected chi connectivity index (χ2v) is 9.33. The zero-order valence-corrected chi connectivity index (χ0v) is 18.6. The Morgan fingerprint density at radius 2 is 1.90 bits per heavy atom. The van der Waals surface area contributed by atoms with Crippen molar-refractivity contribution in [1.29, 1.82) is 0 Å². The zero-order chi connectivity index (χ0) is 22.0. The maximum Gasteiger partial charge on any atom is 0.289 e. The Morgan fingerprint density at radius 3 is 2.58 bits per heavy atom. The monoisotopic (exact) mass is 424 g/mol. The normalized spacial score (nSPS) is 19.7. The second-order valence-electron chi connectivity index (χ2n) is 9.33. The molecule has 1 saturated heterocycles. The number of carbonyl (C=O) groups is 2. The van der Waals surface area contributed by atoms with Crippen LogP contribution in [0.3, 0.4) is 0 Å². The van der Waals surface area contributed by atoms with Gasteiger partial charge in [-0.1, -0.05) is 32.0 Å². The molecule has 6 nitrogen and oxygen atoms in total. The van der Waals surface area contributed by atoms with Crippen molar-refractivity contribution >= 4 is 11.8 Å². The van der Waals surface area contributed by atoms with Crippen LogP contribution in [0, 0.1) is 12.8 Å². The summed E-state index contributed by atoms with van der Waals surface area (Å²) in [6, 6.07) is 11.6. The Hall–Kier alpha value is -2.76. The third kappa shape index (κ3) is 4.78. The van der Waals surface area contributed by atoms with Crippen molar-refractivity contribution in [2.24, 2.45) is 5.92 Å². The highest BCUT2D eigenvalue weighted by Crippen LogP contribution is 2.46. The van der Waals surface area contributed by atoms with Gasteiger partial charge in [0.15, 0.2) is 5.76 Å². The van der Waals surface area contributed by atoms with Crippen molar-refractivity contribution in [3.63, 3.8) is 0 Å². The van der Waals surface area contributed by atoms with Crippen LogP contribution in [0.4, 0.5) is 0 Å². The van der Waals surface area contributed by atoms with Gasteiger partial charge >= 0.3 is 0 Å². The summed E-state index contributed by atoms with van der Waals surface area (Å²) in [6.07, 6.45) is 2.75. The minimum atomic E-state index is -0.340.